The lowest BCUT2D eigenvalue weighted by Gasteiger charge is -2.20. The Kier molecular flexibility index (Phi) is 7.03. The van der Waals surface area contributed by atoms with Crippen LogP contribution in [-0.2, 0) is 6.42 Å². The number of carbonyl (C=O) groups excluding carboxylic acids is 1. The second-order valence-corrected chi connectivity index (χ2v) is 7.42. The van der Waals surface area contributed by atoms with E-state index < -0.39 is 0 Å². The van der Waals surface area contributed by atoms with Crippen molar-refractivity contribution < 1.29 is 4.79 Å². The zero-order valence-electron chi connectivity index (χ0n) is 15.5. The molecule has 2 aromatic rings. The summed E-state index contributed by atoms with van der Waals surface area (Å²) >= 11 is 12.6. The van der Waals surface area contributed by atoms with Crippen LogP contribution in [0.15, 0.2) is 18.2 Å². The lowest BCUT2D eigenvalue weighted by molar-refractivity contribution is 0.0777. The summed E-state index contributed by atoms with van der Waals surface area (Å²) in [6.07, 6.45) is 1.31. The number of nitrogens with two attached hydrogens (primary N) is 1. The zero-order chi connectivity index (χ0) is 19.4. The molecule has 1 amide bonds. The van der Waals surface area contributed by atoms with Gasteiger partial charge in [0.05, 0.1) is 10.0 Å². The monoisotopic (exact) mass is 397 g/mol. The number of benzene rings is 1. The molecule has 0 saturated heterocycles. The third kappa shape index (κ3) is 4.55. The van der Waals surface area contributed by atoms with Gasteiger partial charge in [0.15, 0.2) is 0 Å². The highest BCUT2D eigenvalue weighted by Crippen LogP contribution is 2.28. The number of carbonyl (C=O) groups is 1. The van der Waals surface area contributed by atoms with Crippen LogP contribution >= 0.6 is 23.2 Å². The molecule has 8 heteroatoms. The van der Waals surface area contributed by atoms with E-state index in [0.29, 0.717) is 40.4 Å². The molecule has 2 N–H and O–H groups in total. The lowest BCUT2D eigenvalue weighted by atomic mass is 10.0. The van der Waals surface area contributed by atoms with Gasteiger partial charge in [0, 0.05) is 26.1 Å². The van der Waals surface area contributed by atoms with Crippen LogP contribution in [0.3, 0.4) is 0 Å². The molecule has 1 aromatic heterocycles. The summed E-state index contributed by atoms with van der Waals surface area (Å²) in [7, 11) is 1.73. The Labute approximate surface area is 164 Å². The highest BCUT2D eigenvalue weighted by Gasteiger charge is 2.22. The van der Waals surface area contributed by atoms with E-state index in [4.69, 9.17) is 28.9 Å². The number of aryl methyl sites for hydroxylation is 1. The van der Waals surface area contributed by atoms with Crippen molar-refractivity contribution in [3.05, 3.63) is 39.9 Å². The molecule has 0 radical (unpaired) electrons. The minimum absolute atomic E-state index is 0.0453. The summed E-state index contributed by atoms with van der Waals surface area (Å²) in [6.45, 7) is 6.61. The first-order chi connectivity index (χ1) is 12.3. The molecular formula is C18H25Cl2N5O. The fourth-order valence-corrected chi connectivity index (χ4v) is 3.04. The minimum Gasteiger partial charge on any atom is -0.339 e. The van der Waals surface area contributed by atoms with Crippen molar-refractivity contribution >= 4 is 29.1 Å². The number of hydrogen-bond donors (Lipinski definition) is 1. The quantitative estimate of drug-likeness (QED) is 0.774. The molecule has 26 heavy (non-hydrogen) atoms. The highest BCUT2D eigenvalue weighted by molar-refractivity contribution is 6.37. The maximum atomic E-state index is 12.7. The number of rotatable bonds is 7. The van der Waals surface area contributed by atoms with Gasteiger partial charge in [-0.3, -0.25) is 4.79 Å². The van der Waals surface area contributed by atoms with Gasteiger partial charge in [0.2, 0.25) is 5.82 Å². The van der Waals surface area contributed by atoms with Crippen LogP contribution in [0.2, 0.25) is 10.0 Å². The molecular weight excluding hydrogens is 373 g/mol. The number of nitrogens with zero attached hydrogens (tertiary/aromatic N) is 4. The molecule has 142 valence electrons. The molecule has 6 nitrogen and oxygen atoms in total. The van der Waals surface area contributed by atoms with Gasteiger partial charge in [0.1, 0.15) is 11.5 Å². The van der Waals surface area contributed by atoms with Crippen molar-refractivity contribution in [3.8, 4) is 5.69 Å². The predicted octanol–water partition coefficient (Wildman–Crippen LogP) is 3.58. The van der Waals surface area contributed by atoms with Gasteiger partial charge in [-0.2, -0.15) is 0 Å². The van der Waals surface area contributed by atoms with Gasteiger partial charge < -0.3 is 10.6 Å². The van der Waals surface area contributed by atoms with Crippen molar-refractivity contribution in [2.24, 2.45) is 11.7 Å². The van der Waals surface area contributed by atoms with Gasteiger partial charge in [0.25, 0.3) is 5.91 Å². The second kappa shape index (κ2) is 8.84. The van der Waals surface area contributed by atoms with Crippen molar-refractivity contribution in [2.45, 2.75) is 39.7 Å². The molecule has 0 fully saturated rings. The maximum Gasteiger partial charge on any atom is 0.293 e. The van der Waals surface area contributed by atoms with E-state index in [0.717, 1.165) is 6.42 Å². The first-order valence-corrected chi connectivity index (χ1v) is 9.43. The number of aromatic nitrogens is 3. The molecule has 1 atom stereocenters. The first kappa shape index (κ1) is 20.7. The van der Waals surface area contributed by atoms with Gasteiger partial charge >= 0.3 is 0 Å². The topological polar surface area (TPSA) is 77.0 Å². The summed E-state index contributed by atoms with van der Waals surface area (Å²) in [6, 6.07) is 5.26. The summed E-state index contributed by atoms with van der Waals surface area (Å²) in [5.74, 6) is 0.858. The maximum absolute atomic E-state index is 12.7. The molecule has 0 saturated carbocycles. The van der Waals surface area contributed by atoms with Gasteiger partial charge in [-0.25, -0.2) is 9.67 Å². The highest BCUT2D eigenvalue weighted by atomic mass is 35.5. The Balaban J connectivity index is 2.26. The van der Waals surface area contributed by atoms with Crippen LogP contribution in [0.5, 0.6) is 0 Å². The van der Waals surface area contributed by atoms with Crippen LogP contribution in [0.1, 0.15) is 43.6 Å². The number of para-hydroxylation sites is 1. The van der Waals surface area contributed by atoms with E-state index in [-0.39, 0.29) is 17.8 Å². The van der Waals surface area contributed by atoms with E-state index in [1.54, 1.807) is 34.8 Å². The van der Waals surface area contributed by atoms with Crippen molar-refractivity contribution in [2.75, 3.05) is 13.6 Å². The molecule has 0 aliphatic heterocycles. The van der Waals surface area contributed by atoms with E-state index in [9.17, 15) is 4.79 Å². The fourth-order valence-electron chi connectivity index (χ4n) is 2.48. The molecule has 0 bridgehead atoms. The number of hydrogen-bond acceptors (Lipinski definition) is 4. The predicted molar refractivity (Wildman–Crippen MR) is 105 cm³/mol. The molecule has 1 aromatic carbocycles. The Morgan fingerprint density at radius 2 is 1.92 bits per heavy atom. The van der Waals surface area contributed by atoms with Crippen molar-refractivity contribution in [1.29, 1.82) is 0 Å². The van der Waals surface area contributed by atoms with Crippen LogP contribution in [0, 0.1) is 5.92 Å². The standard InChI is InChI=1S/C18H25Cl2N5O/c1-5-15-22-17(18(26)24(4)10-9-14(21)11(2)3)23-25(15)16-12(19)7-6-8-13(16)20/h6-8,11,14H,5,9-10,21H2,1-4H3. The normalized spacial score (nSPS) is 12.5. The Bertz CT molecular complexity index is 755. The second-order valence-electron chi connectivity index (χ2n) is 6.61. The van der Waals surface area contributed by atoms with Crippen molar-refractivity contribution in [1.82, 2.24) is 19.7 Å². The van der Waals surface area contributed by atoms with Crippen LogP contribution in [-0.4, -0.2) is 45.2 Å². The van der Waals surface area contributed by atoms with E-state index in [1.807, 2.05) is 6.92 Å². The molecule has 1 unspecified atom stereocenters. The third-order valence-corrected chi connectivity index (χ3v) is 4.94. The SMILES string of the molecule is CCc1nc(C(=O)N(C)CCC(N)C(C)C)nn1-c1c(Cl)cccc1Cl. The minimum atomic E-state index is -0.252. The largest absolute Gasteiger partial charge is 0.339 e. The van der Waals surface area contributed by atoms with Gasteiger partial charge in [-0.1, -0.05) is 50.0 Å². The van der Waals surface area contributed by atoms with E-state index >= 15 is 0 Å². The summed E-state index contributed by atoms with van der Waals surface area (Å²) in [5, 5.41) is 5.27. The van der Waals surface area contributed by atoms with Crippen LogP contribution in [0.4, 0.5) is 0 Å². The summed E-state index contributed by atoms with van der Waals surface area (Å²) in [4.78, 5) is 18.7. The van der Waals surface area contributed by atoms with E-state index in [1.165, 1.54) is 0 Å². The van der Waals surface area contributed by atoms with Gasteiger partial charge in [-0.15, -0.1) is 5.10 Å². The molecule has 1 heterocycles. The van der Waals surface area contributed by atoms with Crippen LogP contribution < -0.4 is 5.73 Å². The lowest BCUT2D eigenvalue weighted by Crippen LogP contribution is -2.35. The molecule has 0 spiro atoms. The number of halogens is 2. The third-order valence-electron chi connectivity index (χ3n) is 4.33. The number of amides is 1. The smallest absolute Gasteiger partial charge is 0.293 e. The van der Waals surface area contributed by atoms with Crippen LogP contribution in [0.25, 0.3) is 5.69 Å². The zero-order valence-corrected chi connectivity index (χ0v) is 17.1. The summed E-state index contributed by atoms with van der Waals surface area (Å²) in [5.41, 5.74) is 6.59. The molecule has 0 aliphatic rings. The first-order valence-electron chi connectivity index (χ1n) is 8.67. The Hall–Kier alpha value is -1.63. The van der Waals surface area contributed by atoms with Gasteiger partial charge in [-0.05, 0) is 24.5 Å². The fraction of sp³-hybridized carbons (Fsp3) is 0.500. The average Bonchev–Trinajstić information content (AvgIpc) is 3.02. The van der Waals surface area contributed by atoms with Crippen molar-refractivity contribution in [3.63, 3.8) is 0 Å². The average molecular weight is 398 g/mol. The Morgan fingerprint density at radius 3 is 2.46 bits per heavy atom. The summed E-state index contributed by atoms with van der Waals surface area (Å²) < 4.78 is 1.55. The Morgan fingerprint density at radius 1 is 1.31 bits per heavy atom. The molecule has 0 aliphatic carbocycles. The molecule has 2 rings (SSSR count). The van der Waals surface area contributed by atoms with E-state index in [2.05, 4.69) is 23.9 Å².